The first-order chi connectivity index (χ1) is 15.6. The molecular weight excluding hydrogens is 413 g/mol. The first-order valence-electron chi connectivity index (χ1n) is 9.94. The number of nitrogens with one attached hydrogen (secondary N) is 1. The van der Waals surface area contributed by atoms with Crippen LogP contribution in [0, 0.1) is 0 Å². The van der Waals surface area contributed by atoms with Crippen LogP contribution < -0.4 is 10.1 Å². The number of halogens is 1. The summed E-state index contributed by atoms with van der Waals surface area (Å²) in [5.74, 6) is 0.386. The van der Waals surface area contributed by atoms with E-state index in [2.05, 4.69) is 20.3 Å². The highest BCUT2D eigenvalue weighted by atomic mass is 19.1. The molecule has 0 saturated carbocycles. The molecule has 0 bridgehead atoms. The SMILES string of the molecule is COc1cccc(CNc2nccc(-c3c(C4C=CC(F)=CC4)ncn3/C=C\O)n2)c1O. The summed E-state index contributed by atoms with van der Waals surface area (Å²) >= 11 is 0. The minimum Gasteiger partial charge on any atom is -0.514 e. The van der Waals surface area contributed by atoms with Crippen LogP contribution in [-0.2, 0) is 6.54 Å². The number of benzene rings is 1. The fourth-order valence-corrected chi connectivity index (χ4v) is 3.52. The third kappa shape index (κ3) is 4.31. The van der Waals surface area contributed by atoms with Crippen molar-refractivity contribution in [2.75, 3.05) is 12.4 Å². The fraction of sp³-hybridized carbons (Fsp3) is 0.174. The van der Waals surface area contributed by atoms with E-state index in [0.717, 1.165) is 6.26 Å². The van der Waals surface area contributed by atoms with Crippen LogP contribution in [0.2, 0.25) is 0 Å². The Hall–Kier alpha value is -4.14. The molecule has 1 unspecified atom stereocenters. The smallest absolute Gasteiger partial charge is 0.223 e. The van der Waals surface area contributed by atoms with Gasteiger partial charge in [-0.25, -0.2) is 19.3 Å². The average Bonchev–Trinajstić information content (AvgIpc) is 3.23. The van der Waals surface area contributed by atoms with Gasteiger partial charge in [-0.3, -0.25) is 0 Å². The Morgan fingerprint density at radius 3 is 2.94 bits per heavy atom. The number of aliphatic hydroxyl groups excluding tert-OH is 1. The molecule has 9 heteroatoms. The van der Waals surface area contributed by atoms with Gasteiger partial charge in [-0.15, -0.1) is 0 Å². The van der Waals surface area contributed by atoms with E-state index in [4.69, 9.17) is 4.74 Å². The lowest BCUT2D eigenvalue weighted by atomic mass is 9.94. The molecule has 0 saturated heterocycles. The number of ether oxygens (including phenoxy) is 1. The Morgan fingerprint density at radius 1 is 1.31 bits per heavy atom. The normalized spacial score (nSPS) is 15.7. The van der Waals surface area contributed by atoms with Gasteiger partial charge in [0.1, 0.15) is 5.83 Å². The Morgan fingerprint density at radius 2 is 2.19 bits per heavy atom. The molecule has 2 heterocycles. The van der Waals surface area contributed by atoms with Gasteiger partial charge in [0.05, 0.1) is 36.8 Å². The summed E-state index contributed by atoms with van der Waals surface area (Å²) in [5, 5.41) is 22.7. The topological polar surface area (TPSA) is 105 Å². The molecule has 1 aliphatic carbocycles. The third-order valence-corrected chi connectivity index (χ3v) is 5.09. The van der Waals surface area contributed by atoms with Gasteiger partial charge in [-0.2, -0.15) is 0 Å². The van der Waals surface area contributed by atoms with Gasteiger partial charge in [-0.1, -0.05) is 18.2 Å². The van der Waals surface area contributed by atoms with Crippen molar-refractivity contribution in [1.82, 2.24) is 19.5 Å². The van der Waals surface area contributed by atoms with E-state index in [1.165, 1.54) is 25.5 Å². The summed E-state index contributed by atoms with van der Waals surface area (Å²) < 4.78 is 20.2. The van der Waals surface area contributed by atoms with Crippen LogP contribution in [0.15, 0.2) is 67.1 Å². The number of phenolic OH excluding ortho intramolecular Hbond substituents is 1. The summed E-state index contributed by atoms with van der Waals surface area (Å²) in [6, 6.07) is 6.97. The van der Waals surface area contributed by atoms with Crippen molar-refractivity contribution in [2.45, 2.75) is 18.9 Å². The molecule has 3 N–H and O–H groups in total. The number of aliphatic hydroxyl groups is 1. The van der Waals surface area contributed by atoms with Crippen molar-refractivity contribution in [3.05, 3.63) is 78.4 Å². The van der Waals surface area contributed by atoms with Crippen LogP contribution in [0.4, 0.5) is 10.3 Å². The number of anilines is 1. The fourth-order valence-electron chi connectivity index (χ4n) is 3.52. The van der Waals surface area contributed by atoms with Gasteiger partial charge in [0.15, 0.2) is 11.5 Å². The van der Waals surface area contributed by atoms with Crippen molar-refractivity contribution < 1.29 is 19.3 Å². The zero-order valence-corrected chi connectivity index (χ0v) is 17.3. The standard InChI is InChI=1S/C23H22FN5O3/c1-32-19-4-2-3-16(22(19)31)13-26-23-25-10-9-18(28-23)21-20(27-14-29(21)11-12-30)15-5-7-17(24)8-6-15/h2-5,7-12,14-15,30-31H,6,13H2,1H3,(H,25,26,28)/b12-11-. The predicted molar refractivity (Wildman–Crippen MR) is 119 cm³/mol. The molecule has 0 fully saturated rings. The molecule has 4 rings (SSSR count). The first-order valence-corrected chi connectivity index (χ1v) is 9.94. The van der Waals surface area contributed by atoms with Crippen LogP contribution in [-0.4, -0.2) is 36.8 Å². The van der Waals surface area contributed by atoms with Gasteiger partial charge in [-0.05, 0) is 30.7 Å². The summed E-state index contributed by atoms with van der Waals surface area (Å²) in [6.45, 7) is 0.282. The minimum atomic E-state index is -0.271. The van der Waals surface area contributed by atoms with E-state index in [0.29, 0.717) is 40.8 Å². The second-order valence-corrected chi connectivity index (χ2v) is 7.06. The maximum atomic E-state index is 13.4. The lowest BCUT2D eigenvalue weighted by Crippen LogP contribution is -2.06. The lowest BCUT2D eigenvalue weighted by molar-refractivity contribution is 0.371. The highest BCUT2D eigenvalue weighted by Crippen LogP contribution is 2.34. The highest BCUT2D eigenvalue weighted by molar-refractivity contribution is 5.63. The van der Waals surface area contributed by atoms with Gasteiger partial charge in [0.2, 0.25) is 5.95 Å². The molecule has 1 aliphatic rings. The molecule has 1 aromatic carbocycles. The molecule has 0 radical (unpaired) electrons. The Balaban J connectivity index is 1.63. The molecule has 0 amide bonds. The lowest BCUT2D eigenvalue weighted by Gasteiger charge is -2.15. The quantitative estimate of drug-likeness (QED) is 0.468. The molecule has 2 aromatic heterocycles. The maximum Gasteiger partial charge on any atom is 0.223 e. The number of methoxy groups -OCH3 is 1. The van der Waals surface area contributed by atoms with Crippen LogP contribution in [0.3, 0.4) is 0 Å². The first kappa shape index (κ1) is 21.1. The van der Waals surface area contributed by atoms with Crippen molar-refractivity contribution in [3.63, 3.8) is 0 Å². The van der Waals surface area contributed by atoms with Gasteiger partial charge in [0.25, 0.3) is 0 Å². The molecule has 164 valence electrons. The zero-order chi connectivity index (χ0) is 22.5. The van der Waals surface area contributed by atoms with E-state index in [-0.39, 0.29) is 24.0 Å². The van der Waals surface area contributed by atoms with Crippen LogP contribution >= 0.6 is 0 Å². The van der Waals surface area contributed by atoms with Crippen molar-refractivity contribution in [1.29, 1.82) is 0 Å². The number of nitrogens with zero attached hydrogens (tertiary/aromatic N) is 4. The number of rotatable bonds is 7. The van der Waals surface area contributed by atoms with Gasteiger partial charge in [0, 0.05) is 30.4 Å². The van der Waals surface area contributed by atoms with Crippen molar-refractivity contribution >= 4 is 12.1 Å². The summed E-state index contributed by atoms with van der Waals surface area (Å²) in [5.41, 5.74) is 2.58. The van der Waals surface area contributed by atoms with Crippen LogP contribution in [0.25, 0.3) is 17.6 Å². The number of aromatic hydroxyl groups is 1. The number of imidazole rings is 1. The summed E-state index contributed by atoms with van der Waals surface area (Å²) in [4.78, 5) is 13.3. The van der Waals surface area contributed by atoms with E-state index in [1.54, 1.807) is 47.4 Å². The average molecular weight is 435 g/mol. The highest BCUT2D eigenvalue weighted by Gasteiger charge is 2.22. The molecular formula is C23H22FN5O3. The van der Waals surface area contributed by atoms with Gasteiger partial charge < -0.3 is 24.8 Å². The minimum absolute atomic E-state index is 0.0523. The molecule has 0 spiro atoms. The number of hydrogen-bond donors (Lipinski definition) is 3. The van der Waals surface area contributed by atoms with E-state index in [9.17, 15) is 14.6 Å². The monoisotopic (exact) mass is 435 g/mol. The largest absolute Gasteiger partial charge is 0.514 e. The number of hydrogen-bond acceptors (Lipinski definition) is 7. The second-order valence-electron chi connectivity index (χ2n) is 7.06. The third-order valence-electron chi connectivity index (χ3n) is 5.09. The van der Waals surface area contributed by atoms with E-state index >= 15 is 0 Å². The zero-order valence-electron chi connectivity index (χ0n) is 17.3. The van der Waals surface area contributed by atoms with E-state index < -0.39 is 0 Å². The molecule has 0 aliphatic heterocycles. The summed E-state index contributed by atoms with van der Waals surface area (Å²) in [6.07, 6.45) is 10.7. The molecule has 3 aromatic rings. The Labute approximate surface area is 184 Å². The number of aromatic nitrogens is 4. The Kier molecular flexibility index (Phi) is 6.16. The summed E-state index contributed by atoms with van der Waals surface area (Å²) in [7, 11) is 1.49. The molecule has 32 heavy (non-hydrogen) atoms. The molecule has 1 atom stereocenters. The molecule has 8 nitrogen and oxygen atoms in total. The predicted octanol–water partition coefficient (Wildman–Crippen LogP) is 4.55. The van der Waals surface area contributed by atoms with Crippen LogP contribution in [0.5, 0.6) is 11.5 Å². The second kappa shape index (κ2) is 9.34. The van der Waals surface area contributed by atoms with E-state index in [1.807, 2.05) is 0 Å². The number of allylic oxidation sites excluding steroid dienone is 4. The van der Waals surface area contributed by atoms with Crippen molar-refractivity contribution in [3.8, 4) is 22.9 Å². The van der Waals surface area contributed by atoms with Crippen molar-refractivity contribution in [2.24, 2.45) is 0 Å². The number of phenols is 1. The maximum absolute atomic E-state index is 13.4. The number of para-hydroxylation sites is 1. The van der Waals surface area contributed by atoms with Crippen LogP contribution in [0.1, 0.15) is 23.6 Å². The Bertz CT molecular complexity index is 1200. The van der Waals surface area contributed by atoms with Gasteiger partial charge >= 0.3 is 0 Å².